The molecule has 0 amide bonds. The van der Waals surface area contributed by atoms with Crippen LogP contribution in [0.25, 0.3) is 0 Å². The molecule has 0 aliphatic heterocycles. The number of benzene rings is 1. The van der Waals surface area contributed by atoms with Crippen LogP contribution in [0.3, 0.4) is 0 Å². The molecule has 0 heterocycles. The van der Waals surface area contributed by atoms with Gasteiger partial charge >= 0.3 is 5.97 Å². The highest BCUT2D eigenvalue weighted by Crippen LogP contribution is 2.16. The quantitative estimate of drug-likeness (QED) is 0.878. The van der Waals surface area contributed by atoms with Gasteiger partial charge in [-0.2, -0.15) is 0 Å². The molecule has 5 heteroatoms. The van der Waals surface area contributed by atoms with Gasteiger partial charge in [0, 0.05) is 16.6 Å². The predicted molar refractivity (Wildman–Crippen MR) is 67.3 cm³/mol. The van der Waals surface area contributed by atoms with Crippen LogP contribution in [0.15, 0.2) is 22.7 Å². The Bertz CT molecular complexity index is 398. The largest absolute Gasteiger partial charge is 0.480 e. The van der Waals surface area contributed by atoms with Crippen LogP contribution < -0.4 is 0 Å². The van der Waals surface area contributed by atoms with Gasteiger partial charge in [-0.3, -0.25) is 9.69 Å². The molecule has 0 atom stereocenters. The van der Waals surface area contributed by atoms with Gasteiger partial charge in [0.2, 0.25) is 0 Å². The minimum Gasteiger partial charge on any atom is -0.480 e. The van der Waals surface area contributed by atoms with Crippen LogP contribution in [-0.2, 0) is 11.3 Å². The summed E-state index contributed by atoms with van der Waals surface area (Å²) in [4.78, 5) is 12.4. The van der Waals surface area contributed by atoms with Crippen LogP contribution in [-0.4, -0.2) is 29.1 Å². The van der Waals surface area contributed by atoms with Crippen molar-refractivity contribution < 1.29 is 14.3 Å². The molecule has 0 unspecified atom stereocenters. The van der Waals surface area contributed by atoms with E-state index in [4.69, 9.17) is 5.11 Å². The molecule has 1 N–H and O–H groups in total. The van der Waals surface area contributed by atoms with Crippen molar-refractivity contribution in [1.82, 2.24) is 4.90 Å². The Morgan fingerprint density at radius 2 is 2.24 bits per heavy atom. The van der Waals surface area contributed by atoms with E-state index in [1.807, 2.05) is 6.92 Å². The lowest BCUT2D eigenvalue weighted by atomic mass is 10.2. The summed E-state index contributed by atoms with van der Waals surface area (Å²) in [5, 5.41) is 8.76. The normalized spacial score (nSPS) is 10.8. The second-order valence-corrected chi connectivity index (χ2v) is 4.76. The van der Waals surface area contributed by atoms with Crippen molar-refractivity contribution in [3.63, 3.8) is 0 Å². The second kappa shape index (κ2) is 6.71. The molecule has 0 aliphatic rings. The van der Waals surface area contributed by atoms with Crippen molar-refractivity contribution in [3.05, 3.63) is 34.1 Å². The van der Waals surface area contributed by atoms with Gasteiger partial charge < -0.3 is 5.11 Å². The van der Waals surface area contributed by atoms with Gasteiger partial charge in [0.05, 0.1) is 6.54 Å². The van der Waals surface area contributed by atoms with Crippen molar-refractivity contribution in [1.29, 1.82) is 0 Å². The maximum Gasteiger partial charge on any atom is 0.317 e. The summed E-state index contributed by atoms with van der Waals surface area (Å²) in [6, 6.07) is 4.81. The summed E-state index contributed by atoms with van der Waals surface area (Å²) in [7, 11) is 0. The minimum atomic E-state index is -0.893. The molecule has 0 bridgehead atoms. The molecule has 0 saturated carbocycles. The van der Waals surface area contributed by atoms with Crippen LogP contribution in [0.1, 0.15) is 18.9 Å². The van der Waals surface area contributed by atoms with Gasteiger partial charge in [0.15, 0.2) is 0 Å². The van der Waals surface area contributed by atoms with Crippen LogP contribution in [0.2, 0.25) is 0 Å². The van der Waals surface area contributed by atoms with Gasteiger partial charge in [-0.05, 0) is 25.1 Å². The summed E-state index contributed by atoms with van der Waals surface area (Å²) >= 11 is 3.19. The first-order valence-corrected chi connectivity index (χ1v) is 6.20. The number of hydrogen-bond acceptors (Lipinski definition) is 2. The first-order valence-electron chi connectivity index (χ1n) is 5.41. The SMILES string of the molecule is CCCN(CC(=O)O)Cc1ccc(Br)cc1F. The lowest BCUT2D eigenvalue weighted by Gasteiger charge is -2.19. The van der Waals surface area contributed by atoms with Gasteiger partial charge in [-0.25, -0.2) is 4.39 Å². The topological polar surface area (TPSA) is 40.5 Å². The lowest BCUT2D eigenvalue weighted by Crippen LogP contribution is -2.30. The molecular weight excluding hydrogens is 289 g/mol. The molecule has 0 fully saturated rings. The molecular formula is C12H15BrFNO2. The smallest absolute Gasteiger partial charge is 0.317 e. The molecule has 3 nitrogen and oxygen atoms in total. The highest BCUT2D eigenvalue weighted by Gasteiger charge is 2.12. The lowest BCUT2D eigenvalue weighted by molar-refractivity contribution is -0.138. The number of carboxylic acids is 1. The number of carboxylic acid groups (broad SMARTS) is 1. The van der Waals surface area contributed by atoms with E-state index in [9.17, 15) is 9.18 Å². The van der Waals surface area contributed by atoms with Gasteiger partial charge in [-0.1, -0.05) is 28.9 Å². The Kier molecular flexibility index (Phi) is 5.58. The average molecular weight is 304 g/mol. The first kappa shape index (κ1) is 14.1. The van der Waals surface area contributed by atoms with Gasteiger partial charge in [0.1, 0.15) is 5.82 Å². The maximum absolute atomic E-state index is 13.6. The third kappa shape index (κ3) is 4.83. The van der Waals surface area contributed by atoms with Crippen molar-refractivity contribution >= 4 is 21.9 Å². The molecule has 1 aromatic rings. The zero-order valence-electron chi connectivity index (χ0n) is 9.62. The molecule has 1 rings (SSSR count). The molecule has 0 radical (unpaired) electrons. The highest BCUT2D eigenvalue weighted by atomic mass is 79.9. The molecule has 0 spiro atoms. The standard InChI is InChI=1S/C12H15BrFNO2/c1-2-5-15(8-12(16)17)7-9-3-4-10(13)6-11(9)14/h3-4,6H,2,5,7-8H2,1H3,(H,16,17). The van der Waals surface area contributed by atoms with E-state index in [1.165, 1.54) is 6.07 Å². The number of hydrogen-bond donors (Lipinski definition) is 1. The maximum atomic E-state index is 13.6. The van der Waals surface area contributed by atoms with Crippen LogP contribution in [0.5, 0.6) is 0 Å². The summed E-state index contributed by atoms with van der Waals surface area (Å²) < 4.78 is 14.3. The number of carbonyl (C=O) groups is 1. The fourth-order valence-corrected chi connectivity index (χ4v) is 1.95. The third-order valence-corrected chi connectivity index (χ3v) is 2.80. The second-order valence-electron chi connectivity index (χ2n) is 3.84. The van der Waals surface area contributed by atoms with Gasteiger partial charge in [0.25, 0.3) is 0 Å². The highest BCUT2D eigenvalue weighted by molar-refractivity contribution is 9.10. The zero-order valence-corrected chi connectivity index (χ0v) is 11.2. The Balaban J connectivity index is 2.74. The fourth-order valence-electron chi connectivity index (χ4n) is 1.61. The monoisotopic (exact) mass is 303 g/mol. The summed E-state index contributed by atoms with van der Waals surface area (Å²) in [6.07, 6.45) is 0.839. The molecule has 0 saturated heterocycles. The van der Waals surface area contributed by atoms with E-state index in [2.05, 4.69) is 15.9 Å². The molecule has 0 aromatic heterocycles. The van der Waals surface area contributed by atoms with Crippen molar-refractivity contribution in [3.8, 4) is 0 Å². The van der Waals surface area contributed by atoms with E-state index in [0.29, 0.717) is 23.1 Å². The average Bonchev–Trinajstić information content (AvgIpc) is 2.21. The third-order valence-electron chi connectivity index (χ3n) is 2.31. The number of nitrogens with zero attached hydrogens (tertiary/aromatic N) is 1. The molecule has 17 heavy (non-hydrogen) atoms. The Hall–Kier alpha value is -0.940. The number of aliphatic carboxylic acids is 1. The Morgan fingerprint density at radius 1 is 1.53 bits per heavy atom. The molecule has 94 valence electrons. The van der Waals surface area contributed by atoms with Crippen molar-refractivity contribution in [2.45, 2.75) is 19.9 Å². The summed E-state index contributed by atoms with van der Waals surface area (Å²) in [5.41, 5.74) is 0.517. The van der Waals surface area contributed by atoms with Crippen molar-refractivity contribution in [2.24, 2.45) is 0 Å². The Morgan fingerprint density at radius 3 is 2.76 bits per heavy atom. The Labute approximate surface area is 108 Å². The number of halogens is 2. The zero-order chi connectivity index (χ0) is 12.8. The van der Waals surface area contributed by atoms with Gasteiger partial charge in [-0.15, -0.1) is 0 Å². The van der Waals surface area contributed by atoms with E-state index >= 15 is 0 Å². The first-order chi connectivity index (χ1) is 8.02. The fraction of sp³-hybridized carbons (Fsp3) is 0.417. The van der Waals surface area contributed by atoms with E-state index in [1.54, 1.807) is 17.0 Å². The van der Waals surface area contributed by atoms with E-state index in [0.717, 1.165) is 6.42 Å². The van der Waals surface area contributed by atoms with Crippen LogP contribution in [0.4, 0.5) is 4.39 Å². The molecule has 0 aliphatic carbocycles. The van der Waals surface area contributed by atoms with Crippen LogP contribution in [0, 0.1) is 5.82 Å². The molecule has 1 aromatic carbocycles. The summed E-state index contributed by atoms with van der Waals surface area (Å²) in [6.45, 7) is 2.86. The van der Waals surface area contributed by atoms with Crippen LogP contribution >= 0.6 is 15.9 Å². The predicted octanol–water partition coefficient (Wildman–Crippen LogP) is 2.88. The minimum absolute atomic E-state index is 0.0661. The van der Waals surface area contributed by atoms with E-state index < -0.39 is 5.97 Å². The summed E-state index contributed by atoms with van der Waals surface area (Å²) in [5.74, 6) is -1.21. The van der Waals surface area contributed by atoms with E-state index in [-0.39, 0.29) is 12.4 Å². The van der Waals surface area contributed by atoms with Crippen molar-refractivity contribution in [2.75, 3.05) is 13.1 Å². The number of rotatable bonds is 6.